The van der Waals surface area contributed by atoms with E-state index in [9.17, 15) is 13.6 Å². The number of benzene rings is 2. The van der Waals surface area contributed by atoms with Gasteiger partial charge in [0.25, 0.3) is 0 Å². The number of rotatable bonds is 7. The largest absolute Gasteiger partial charge is 0.374 e. The monoisotopic (exact) mass is 441 g/mol. The number of hydrogen-bond donors (Lipinski definition) is 2. The van der Waals surface area contributed by atoms with Crippen LogP contribution in [-0.2, 0) is 22.5 Å². The molecule has 2 heterocycles. The minimum Gasteiger partial charge on any atom is -0.374 e. The number of hydrogen-bond acceptors (Lipinski definition) is 5. The third-order valence-corrected chi connectivity index (χ3v) is 5.29. The van der Waals surface area contributed by atoms with Crippen LogP contribution in [0.5, 0.6) is 0 Å². The predicted octanol–water partition coefficient (Wildman–Crippen LogP) is 2.62. The molecule has 1 atom stereocenters. The fourth-order valence-corrected chi connectivity index (χ4v) is 3.71. The van der Waals surface area contributed by atoms with Crippen LogP contribution in [0.15, 0.2) is 42.5 Å². The minimum atomic E-state index is -0.849. The second-order valence-corrected chi connectivity index (χ2v) is 7.90. The Labute approximate surface area is 184 Å². The number of nitrogens with one attached hydrogen (secondary N) is 2. The smallest absolute Gasteiger partial charge is 0.224 e. The van der Waals surface area contributed by atoms with E-state index in [0.717, 1.165) is 23.0 Å². The zero-order valence-electron chi connectivity index (χ0n) is 17.8. The van der Waals surface area contributed by atoms with Gasteiger partial charge in [0.05, 0.1) is 19.1 Å². The predicted molar refractivity (Wildman–Crippen MR) is 115 cm³/mol. The molecule has 1 fully saturated rings. The summed E-state index contributed by atoms with van der Waals surface area (Å²) < 4.78 is 32.3. The molecule has 1 aromatic heterocycles. The normalized spacial score (nSPS) is 16.8. The van der Waals surface area contributed by atoms with Crippen molar-refractivity contribution in [1.29, 1.82) is 0 Å². The molecule has 0 saturated carbocycles. The second-order valence-electron chi connectivity index (χ2n) is 7.90. The molecule has 0 unspecified atom stereocenters. The minimum absolute atomic E-state index is 0.102. The van der Waals surface area contributed by atoms with E-state index in [1.165, 1.54) is 6.07 Å². The molecule has 9 heteroatoms. The lowest BCUT2D eigenvalue weighted by molar-refractivity contribution is -0.121. The highest BCUT2D eigenvalue weighted by atomic mass is 19.2. The lowest BCUT2D eigenvalue weighted by atomic mass is 10.1. The first-order valence-corrected chi connectivity index (χ1v) is 10.5. The maximum absolute atomic E-state index is 13.4. The highest BCUT2D eigenvalue weighted by Crippen LogP contribution is 2.17. The van der Waals surface area contributed by atoms with Crippen LogP contribution < -0.4 is 5.32 Å². The van der Waals surface area contributed by atoms with Crippen molar-refractivity contribution in [2.24, 2.45) is 0 Å². The number of carbonyl (C=O) groups excluding carboxylic acids is 1. The molecular formula is C23H25F2N5O2. The second kappa shape index (κ2) is 9.97. The lowest BCUT2D eigenvalue weighted by Crippen LogP contribution is -2.47. The van der Waals surface area contributed by atoms with Crippen molar-refractivity contribution in [2.45, 2.75) is 26.0 Å². The number of ether oxygens (including phenoxy) is 1. The molecule has 2 aromatic carbocycles. The molecule has 0 spiro atoms. The van der Waals surface area contributed by atoms with Crippen LogP contribution in [0.4, 0.5) is 8.78 Å². The number of H-pyrrole nitrogens is 1. The SMILES string of the molecule is Cc1nc(-c2cccc(CC(=O)NC[C@H]3CN(Cc4ccc(F)c(F)c4)CCO3)c2)n[nH]1. The maximum atomic E-state index is 13.4. The molecule has 0 radical (unpaired) electrons. The Morgan fingerprint density at radius 2 is 2.09 bits per heavy atom. The fourth-order valence-electron chi connectivity index (χ4n) is 3.71. The van der Waals surface area contributed by atoms with Gasteiger partial charge in [-0.3, -0.25) is 14.8 Å². The fraction of sp³-hybridized carbons (Fsp3) is 0.348. The zero-order valence-corrected chi connectivity index (χ0v) is 17.8. The molecule has 1 saturated heterocycles. The third kappa shape index (κ3) is 5.74. The Morgan fingerprint density at radius 3 is 2.88 bits per heavy atom. The van der Waals surface area contributed by atoms with E-state index in [-0.39, 0.29) is 18.4 Å². The van der Waals surface area contributed by atoms with E-state index < -0.39 is 11.6 Å². The number of nitrogens with zero attached hydrogens (tertiary/aromatic N) is 3. The van der Waals surface area contributed by atoms with Crippen molar-refractivity contribution in [2.75, 3.05) is 26.2 Å². The first-order valence-electron chi connectivity index (χ1n) is 10.5. The van der Waals surface area contributed by atoms with Gasteiger partial charge < -0.3 is 10.1 Å². The van der Waals surface area contributed by atoms with E-state index in [0.29, 0.717) is 44.2 Å². The Morgan fingerprint density at radius 1 is 1.22 bits per heavy atom. The van der Waals surface area contributed by atoms with Crippen LogP contribution in [0.2, 0.25) is 0 Å². The molecular weight excluding hydrogens is 416 g/mol. The number of amides is 1. The van der Waals surface area contributed by atoms with Crippen molar-refractivity contribution in [3.05, 3.63) is 71.1 Å². The number of morpholine rings is 1. The summed E-state index contributed by atoms with van der Waals surface area (Å²) in [4.78, 5) is 18.9. The van der Waals surface area contributed by atoms with E-state index in [4.69, 9.17) is 4.74 Å². The molecule has 32 heavy (non-hydrogen) atoms. The van der Waals surface area contributed by atoms with Crippen molar-refractivity contribution < 1.29 is 18.3 Å². The topological polar surface area (TPSA) is 83.1 Å². The summed E-state index contributed by atoms with van der Waals surface area (Å²) in [6.07, 6.45) is 0.0725. The molecule has 3 aromatic rings. The van der Waals surface area contributed by atoms with E-state index >= 15 is 0 Å². The van der Waals surface area contributed by atoms with Crippen LogP contribution in [0.25, 0.3) is 11.4 Å². The van der Waals surface area contributed by atoms with Gasteiger partial charge in [0.15, 0.2) is 17.5 Å². The van der Waals surface area contributed by atoms with Crippen LogP contribution in [0.3, 0.4) is 0 Å². The quantitative estimate of drug-likeness (QED) is 0.589. The van der Waals surface area contributed by atoms with Crippen molar-refractivity contribution >= 4 is 5.91 Å². The van der Waals surface area contributed by atoms with Gasteiger partial charge in [-0.1, -0.05) is 24.3 Å². The Bertz CT molecular complexity index is 1090. The molecule has 2 N–H and O–H groups in total. The average Bonchev–Trinajstić information content (AvgIpc) is 3.22. The standard InChI is InChI=1S/C23H25F2N5O2/c1-15-27-23(29-28-15)18-4-2-3-16(9-18)11-22(31)26-12-19-14-30(7-8-32-19)13-17-5-6-20(24)21(25)10-17/h2-6,9-10,19H,7-8,11-14H2,1H3,(H,26,31)(H,27,28,29)/t19-/m0/s1. The Kier molecular flexibility index (Phi) is 6.87. The molecule has 1 amide bonds. The molecule has 1 aliphatic heterocycles. The molecule has 7 nitrogen and oxygen atoms in total. The summed E-state index contributed by atoms with van der Waals surface area (Å²) in [6.45, 7) is 4.52. The lowest BCUT2D eigenvalue weighted by Gasteiger charge is -2.33. The Hall–Kier alpha value is -3.17. The summed E-state index contributed by atoms with van der Waals surface area (Å²) in [7, 11) is 0. The van der Waals surface area contributed by atoms with Gasteiger partial charge >= 0.3 is 0 Å². The van der Waals surface area contributed by atoms with Gasteiger partial charge in [-0.05, 0) is 36.2 Å². The van der Waals surface area contributed by atoms with Crippen LogP contribution in [-0.4, -0.2) is 58.3 Å². The van der Waals surface area contributed by atoms with Gasteiger partial charge in [-0.15, -0.1) is 0 Å². The summed E-state index contributed by atoms with van der Waals surface area (Å²) in [5.74, 6) is -0.468. The number of aromatic nitrogens is 3. The van der Waals surface area contributed by atoms with Crippen LogP contribution in [0.1, 0.15) is 17.0 Å². The number of aromatic amines is 1. The van der Waals surface area contributed by atoms with Gasteiger partial charge in [-0.2, -0.15) is 5.10 Å². The van der Waals surface area contributed by atoms with Crippen LogP contribution >= 0.6 is 0 Å². The maximum Gasteiger partial charge on any atom is 0.224 e. The zero-order chi connectivity index (χ0) is 22.5. The summed E-state index contributed by atoms with van der Waals surface area (Å²) in [5, 5.41) is 9.89. The van der Waals surface area contributed by atoms with Crippen molar-refractivity contribution in [1.82, 2.24) is 25.4 Å². The average molecular weight is 441 g/mol. The summed E-state index contributed by atoms with van der Waals surface area (Å²) in [6, 6.07) is 11.5. The highest BCUT2D eigenvalue weighted by molar-refractivity contribution is 5.79. The van der Waals surface area contributed by atoms with E-state index in [2.05, 4.69) is 25.4 Å². The highest BCUT2D eigenvalue weighted by Gasteiger charge is 2.21. The summed E-state index contributed by atoms with van der Waals surface area (Å²) in [5.41, 5.74) is 2.42. The first kappa shape index (κ1) is 22.0. The molecule has 1 aliphatic rings. The molecule has 0 bridgehead atoms. The van der Waals surface area contributed by atoms with Crippen molar-refractivity contribution in [3.8, 4) is 11.4 Å². The summed E-state index contributed by atoms with van der Waals surface area (Å²) >= 11 is 0. The van der Waals surface area contributed by atoms with E-state index in [1.54, 1.807) is 6.07 Å². The van der Waals surface area contributed by atoms with E-state index in [1.807, 2.05) is 31.2 Å². The van der Waals surface area contributed by atoms with Gasteiger partial charge in [-0.25, -0.2) is 13.8 Å². The van der Waals surface area contributed by atoms with Crippen molar-refractivity contribution in [3.63, 3.8) is 0 Å². The molecule has 4 rings (SSSR count). The third-order valence-electron chi connectivity index (χ3n) is 5.29. The number of aryl methyl sites for hydroxylation is 1. The number of carbonyl (C=O) groups is 1. The number of halogens is 2. The molecule has 0 aliphatic carbocycles. The molecule has 168 valence electrons. The first-order chi connectivity index (χ1) is 15.5. The van der Waals surface area contributed by atoms with Gasteiger partial charge in [0, 0.05) is 31.7 Å². The van der Waals surface area contributed by atoms with Crippen LogP contribution in [0, 0.1) is 18.6 Å². The van der Waals surface area contributed by atoms with Gasteiger partial charge in [0.2, 0.25) is 5.91 Å². The Balaban J connectivity index is 1.27. The van der Waals surface area contributed by atoms with Gasteiger partial charge in [0.1, 0.15) is 5.82 Å².